The zero-order valence-corrected chi connectivity index (χ0v) is 14.3. The molecule has 6 nitrogen and oxygen atoms in total. The third-order valence-corrected chi connectivity index (χ3v) is 4.43. The molecule has 1 aliphatic rings. The summed E-state index contributed by atoms with van der Waals surface area (Å²) < 4.78 is 0. The fourth-order valence-electron chi connectivity index (χ4n) is 2.89. The third-order valence-electron chi connectivity index (χ3n) is 4.43. The van der Waals surface area contributed by atoms with Gasteiger partial charge in [0, 0.05) is 26.2 Å². The molecule has 0 saturated carbocycles. The zero-order valence-electron chi connectivity index (χ0n) is 14.3. The van der Waals surface area contributed by atoms with Crippen LogP contribution in [0.3, 0.4) is 0 Å². The zero-order chi connectivity index (χ0) is 17.6. The van der Waals surface area contributed by atoms with E-state index in [1.54, 1.807) is 11.1 Å². The molecule has 1 N–H and O–H groups in total. The van der Waals surface area contributed by atoms with E-state index in [-0.39, 0.29) is 5.91 Å². The number of nitrogens with one attached hydrogen (secondary N) is 1. The van der Waals surface area contributed by atoms with Crippen LogP contribution in [0, 0.1) is 6.92 Å². The largest absolute Gasteiger partial charge is 0.353 e. The number of amides is 2. The smallest absolute Gasteiger partial charge is 0.228 e. The van der Waals surface area contributed by atoms with Crippen molar-refractivity contribution in [2.24, 2.45) is 0 Å². The SMILES string of the molecule is Cc1ccccc1CC(=O)Nc1ccc(N2CCN(C=O)CC2)nc1. The first-order valence-corrected chi connectivity index (χ1v) is 8.40. The van der Waals surface area contributed by atoms with E-state index in [1.165, 1.54) is 0 Å². The van der Waals surface area contributed by atoms with Crippen LogP contribution in [0.2, 0.25) is 0 Å². The number of hydrogen-bond acceptors (Lipinski definition) is 4. The standard InChI is InChI=1S/C19H22N4O2/c1-15-4-2-3-5-16(15)12-19(25)21-17-6-7-18(20-13-17)23-10-8-22(14-24)9-11-23/h2-7,13-14H,8-12H2,1H3,(H,21,25). The van der Waals surface area contributed by atoms with Gasteiger partial charge in [0.1, 0.15) is 5.82 Å². The number of rotatable bonds is 5. The number of benzene rings is 1. The molecule has 1 aromatic carbocycles. The van der Waals surface area contributed by atoms with Gasteiger partial charge in [-0.25, -0.2) is 4.98 Å². The Morgan fingerprint density at radius 2 is 1.92 bits per heavy atom. The predicted octanol–water partition coefficient (Wildman–Crippen LogP) is 1.85. The van der Waals surface area contributed by atoms with E-state index in [0.29, 0.717) is 25.2 Å². The minimum Gasteiger partial charge on any atom is -0.353 e. The number of pyridine rings is 1. The quantitative estimate of drug-likeness (QED) is 0.845. The van der Waals surface area contributed by atoms with E-state index >= 15 is 0 Å². The van der Waals surface area contributed by atoms with Crippen molar-refractivity contribution in [1.82, 2.24) is 9.88 Å². The van der Waals surface area contributed by atoms with E-state index in [9.17, 15) is 9.59 Å². The lowest BCUT2D eigenvalue weighted by Crippen LogP contribution is -2.46. The average Bonchev–Trinajstić information content (AvgIpc) is 2.64. The van der Waals surface area contributed by atoms with Crippen molar-refractivity contribution in [1.29, 1.82) is 0 Å². The van der Waals surface area contributed by atoms with Gasteiger partial charge >= 0.3 is 0 Å². The second kappa shape index (κ2) is 7.79. The number of nitrogens with zero attached hydrogens (tertiary/aromatic N) is 3. The van der Waals surface area contributed by atoms with Gasteiger partial charge in [0.2, 0.25) is 12.3 Å². The van der Waals surface area contributed by atoms with E-state index in [1.807, 2.05) is 43.3 Å². The summed E-state index contributed by atoms with van der Waals surface area (Å²) >= 11 is 0. The monoisotopic (exact) mass is 338 g/mol. The lowest BCUT2D eigenvalue weighted by Gasteiger charge is -2.33. The van der Waals surface area contributed by atoms with E-state index < -0.39 is 0 Å². The Bertz CT molecular complexity index is 737. The van der Waals surface area contributed by atoms with Crippen molar-refractivity contribution < 1.29 is 9.59 Å². The lowest BCUT2D eigenvalue weighted by molar-refractivity contribution is -0.118. The highest BCUT2D eigenvalue weighted by atomic mass is 16.1. The normalized spacial score (nSPS) is 14.3. The molecule has 0 aliphatic carbocycles. The molecule has 1 saturated heterocycles. The summed E-state index contributed by atoms with van der Waals surface area (Å²) in [6.45, 7) is 4.96. The summed E-state index contributed by atoms with van der Waals surface area (Å²) in [5.74, 6) is 0.811. The maximum Gasteiger partial charge on any atom is 0.228 e. The second-order valence-corrected chi connectivity index (χ2v) is 6.18. The van der Waals surface area contributed by atoms with Crippen molar-refractivity contribution in [3.63, 3.8) is 0 Å². The van der Waals surface area contributed by atoms with E-state index in [4.69, 9.17) is 0 Å². The van der Waals surface area contributed by atoms with Crippen LogP contribution in [0.1, 0.15) is 11.1 Å². The Hall–Kier alpha value is -2.89. The Kier molecular flexibility index (Phi) is 5.28. The van der Waals surface area contributed by atoms with Crippen LogP contribution in [-0.4, -0.2) is 48.4 Å². The minimum absolute atomic E-state index is 0.0524. The highest BCUT2D eigenvalue weighted by Gasteiger charge is 2.16. The molecule has 1 aliphatic heterocycles. The molecule has 2 amide bonds. The number of aromatic nitrogens is 1. The van der Waals surface area contributed by atoms with Crippen LogP contribution in [-0.2, 0) is 16.0 Å². The van der Waals surface area contributed by atoms with Crippen molar-refractivity contribution in [2.75, 3.05) is 36.4 Å². The first kappa shape index (κ1) is 17.0. The first-order chi connectivity index (χ1) is 12.2. The molecule has 0 bridgehead atoms. The predicted molar refractivity (Wildman–Crippen MR) is 97.6 cm³/mol. The fraction of sp³-hybridized carbons (Fsp3) is 0.316. The Balaban J connectivity index is 1.56. The number of piperazine rings is 1. The van der Waals surface area contributed by atoms with Crippen LogP contribution >= 0.6 is 0 Å². The molecule has 2 heterocycles. The molecule has 3 rings (SSSR count). The number of aryl methyl sites for hydroxylation is 1. The summed E-state index contributed by atoms with van der Waals surface area (Å²) in [5.41, 5.74) is 2.83. The van der Waals surface area contributed by atoms with Gasteiger partial charge in [-0.2, -0.15) is 0 Å². The fourth-order valence-corrected chi connectivity index (χ4v) is 2.89. The Morgan fingerprint density at radius 1 is 1.16 bits per heavy atom. The lowest BCUT2D eigenvalue weighted by atomic mass is 10.1. The second-order valence-electron chi connectivity index (χ2n) is 6.18. The highest BCUT2D eigenvalue weighted by molar-refractivity contribution is 5.92. The summed E-state index contributed by atoms with van der Waals surface area (Å²) in [5, 5.41) is 2.89. The molecule has 25 heavy (non-hydrogen) atoms. The average molecular weight is 338 g/mol. The topological polar surface area (TPSA) is 65.5 Å². The van der Waals surface area contributed by atoms with Gasteiger partial charge in [0.05, 0.1) is 18.3 Å². The molecule has 0 radical (unpaired) electrons. The van der Waals surface area contributed by atoms with Gasteiger partial charge in [0.15, 0.2) is 0 Å². The summed E-state index contributed by atoms with van der Waals surface area (Å²) in [6, 6.07) is 11.6. The Labute approximate surface area is 147 Å². The third kappa shape index (κ3) is 4.35. The van der Waals surface area contributed by atoms with Gasteiger partial charge in [-0.1, -0.05) is 24.3 Å². The number of hydrogen-bond donors (Lipinski definition) is 1. The maximum atomic E-state index is 12.2. The van der Waals surface area contributed by atoms with Gasteiger partial charge in [0.25, 0.3) is 0 Å². The summed E-state index contributed by atoms with van der Waals surface area (Å²) in [6.07, 6.45) is 2.91. The van der Waals surface area contributed by atoms with Crippen molar-refractivity contribution in [2.45, 2.75) is 13.3 Å². The molecule has 0 atom stereocenters. The molecule has 1 aromatic heterocycles. The maximum absolute atomic E-state index is 12.2. The molecule has 2 aromatic rings. The molecule has 0 unspecified atom stereocenters. The summed E-state index contributed by atoms with van der Waals surface area (Å²) in [7, 11) is 0. The van der Waals surface area contributed by atoms with Crippen LogP contribution < -0.4 is 10.2 Å². The van der Waals surface area contributed by atoms with Gasteiger partial charge in [-0.05, 0) is 30.2 Å². The number of carbonyl (C=O) groups excluding carboxylic acids is 2. The first-order valence-electron chi connectivity index (χ1n) is 8.40. The van der Waals surface area contributed by atoms with Gasteiger partial charge < -0.3 is 15.1 Å². The minimum atomic E-state index is -0.0524. The van der Waals surface area contributed by atoms with E-state index in [0.717, 1.165) is 36.4 Å². The molecular weight excluding hydrogens is 316 g/mol. The van der Waals surface area contributed by atoms with Gasteiger partial charge in [-0.15, -0.1) is 0 Å². The van der Waals surface area contributed by atoms with E-state index in [2.05, 4.69) is 15.2 Å². The van der Waals surface area contributed by atoms with Crippen molar-refractivity contribution >= 4 is 23.8 Å². The molecule has 1 fully saturated rings. The van der Waals surface area contributed by atoms with Crippen molar-refractivity contribution in [3.05, 3.63) is 53.7 Å². The molecule has 130 valence electrons. The van der Waals surface area contributed by atoms with Crippen LogP contribution in [0.25, 0.3) is 0 Å². The number of carbonyl (C=O) groups is 2. The van der Waals surface area contributed by atoms with Crippen LogP contribution in [0.4, 0.5) is 11.5 Å². The molecular formula is C19H22N4O2. The molecule has 0 spiro atoms. The Morgan fingerprint density at radius 3 is 2.56 bits per heavy atom. The number of anilines is 2. The summed E-state index contributed by atoms with van der Waals surface area (Å²) in [4.78, 5) is 31.3. The van der Waals surface area contributed by atoms with Crippen LogP contribution in [0.5, 0.6) is 0 Å². The van der Waals surface area contributed by atoms with Crippen LogP contribution in [0.15, 0.2) is 42.6 Å². The molecule has 6 heteroatoms. The highest BCUT2D eigenvalue weighted by Crippen LogP contribution is 2.16. The van der Waals surface area contributed by atoms with Gasteiger partial charge in [-0.3, -0.25) is 9.59 Å². The van der Waals surface area contributed by atoms with Crippen molar-refractivity contribution in [3.8, 4) is 0 Å².